The lowest BCUT2D eigenvalue weighted by molar-refractivity contribution is 0.0923. The third-order valence-electron chi connectivity index (χ3n) is 5.04. The van der Waals surface area contributed by atoms with Crippen LogP contribution in [0.5, 0.6) is 11.5 Å². The Morgan fingerprint density at radius 2 is 1.53 bits per heavy atom. The Labute approximate surface area is 176 Å². The highest BCUT2D eigenvalue weighted by atomic mass is 16.5. The van der Waals surface area contributed by atoms with Crippen LogP contribution in [0.15, 0.2) is 85.1 Å². The molecular formula is C26H25NO3. The Morgan fingerprint density at radius 3 is 2.33 bits per heavy atom. The van der Waals surface area contributed by atoms with Gasteiger partial charge in [-0.2, -0.15) is 0 Å². The first kappa shape index (κ1) is 19.8. The van der Waals surface area contributed by atoms with Crippen molar-refractivity contribution < 1.29 is 14.3 Å². The lowest BCUT2D eigenvalue weighted by atomic mass is 10.1. The van der Waals surface area contributed by atoms with Crippen molar-refractivity contribution >= 4 is 16.7 Å². The minimum absolute atomic E-state index is 0.0224. The van der Waals surface area contributed by atoms with Gasteiger partial charge in [-0.1, -0.05) is 54.1 Å². The van der Waals surface area contributed by atoms with Gasteiger partial charge in [0.1, 0.15) is 11.5 Å². The van der Waals surface area contributed by atoms with Gasteiger partial charge in [-0.05, 0) is 43.7 Å². The highest BCUT2D eigenvalue weighted by Gasteiger charge is 2.15. The topological polar surface area (TPSA) is 40.5 Å². The Kier molecular flexibility index (Phi) is 6.14. The normalized spacial score (nSPS) is 10.8. The van der Waals surface area contributed by atoms with Crippen LogP contribution in [0, 0.1) is 6.92 Å². The van der Waals surface area contributed by atoms with Crippen molar-refractivity contribution in [2.24, 2.45) is 0 Å². The molecule has 0 aliphatic rings. The zero-order valence-corrected chi connectivity index (χ0v) is 17.1. The van der Waals surface area contributed by atoms with Crippen molar-refractivity contribution in [2.75, 3.05) is 13.2 Å². The maximum absolute atomic E-state index is 12.8. The molecule has 1 aromatic heterocycles. The molecule has 3 aromatic carbocycles. The SMILES string of the molecule is Cc1ccc(OCCCn2cc(C(=O)COc3ccccc3)c3ccccc32)cc1. The Hall–Kier alpha value is -3.53. The fourth-order valence-electron chi connectivity index (χ4n) is 3.46. The maximum atomic E-state index is 12.8. The first-order valence-electron chi connectivity index (χ1n) is 10.2. The lowest BCUT2D eigenvalue weighted by Gasteiger charge is -2.08. The van der Waals surface area contributed by atoms with E-state index in [1.54, 1.807) is 0 Å². The van der Waals surface area contributed by atoms with Crippen LogP contribution < -0.4 is 9.47 Å². The summed E-state index contributed by atoms with van der Waals surface area (Å²) in [5, 5.41) is 0.957. The van der Waals surface area contributed by atoms with Crippen molar-refractivity contribution in [3.8, 4) is 11.5 Å². The standard InChI is InChI=1S/C26H25NO3/c1-20-12-14-22(15-13-20)29-17-7-16-27-18-24(23-10-5-6-11-25(23)27)26(28)19-30-21-8-3-2-4-9-21/h2-6,8-15,18H,7,16-17,19H2,1H3. The molecule has 0 saturated carbocycles. The number of carbonyl (C=O) groups is 1. The molecule has 4 aromatic rings. The predicted octanol–water partition coefficient (Wildman–Crippen LogP) is 5.68. The molecule has 1 heterocycles. The zero-order chi connectivity index (χ0) is 20.8. The molecule has 0 saturated heterocycles. The smallest absolute Gasteiger partial charge is 0.202 e. The van der Waals surface area contributed by atoms with E-state index in [2.05, 4.69) is 11.5 Å². The van der Waals surface area contributed by atoms with Crippen LogP contribution in [0.1, 0.15) is 22.3 Å². The van der Waals surface area contributed by atoms with E-state index in [-0.39, 0.29) is 12.4 Å². The van der Waals surface area contributed by atoms with E-state index >= 15 is 0 Å². The highest BCUT2D eigenvalue weighted by Crippen LogP contribution is 2.23. The van der Waals surface area contributed by atoms with Crippen LogP contribution >= 0.6 is 0 Å². The Bertz CT molecular complexity index is 1110. The Morgan fingerprint density at radius 1 is 0.833 bits per heavy atom. The summed E-state index contributed by atoms with van der Waals surface area (Å²) >= 11 is 0. The fraction of sp³-hybridized carbons (Fsp3) is 0.192. The molecule has 152 valence electrons. The minimum atomic E-state index is -0.0234. The number of Topliss-reactive ketones (excluding diaryl/α,β-unsaturated/α-hetero) is 1. The molecule has 0 N–H and O–H groups in total. The summed E-state index contributed by atoms with van der Waals surface area (Å²) < 4.78 is 13.6. The molecule has 0 atom stereocenters. The molecule has 4 nitrogen and oxygen atoms in total. The average Bonchev–Trinajstić information content (AvgIpc) is 3.16. The first-order chi connectivity index (χ1) is 14.7. The number of para-hydroxylation sites is 2. The number of fused-ring (bicyclic) bond motifs is 1. The number of aromatic nitrogens is 1. The number of ketones is 1. The lowest BCUT2D eigenvalue weighted by Crippen LogP contribution is -2.11. The van der Waals surface area contributed by atoms with Crippen LogP contribution in [-0.2, 0) is 6.54 Å². The van der Waals surface area contributed by atoms with Crippen molar-refractivity contribution in [1.82, 2.24) is 4.57 Å². The van der Waals surface area contributed by atoms with Crippen molar-refractivity contribution in [3.63, 3.8) is 0 Å². The minimum Gasteiger partial charge on any atom is -0.494 e. The number of ether oxygens (including phenoxy) is 2. The summed E-state index contributed by atoms with van der Waals surface area (Å²) in [5.41, 5.74) is 2.96. The number of hydrogen-bond donors (Lipinski definition) is 0. The third-order valence-corrected chi connectivity index (χ3v) is 5.04. The second-order valence-electron chi connectivity index (χ2n) is 7.29. The summed E-state index contributed by atoms with van der Waals surface area (Å²) in [6, 6.07) is 25.5. The van der Waals surface area contributed by atoms with Crippen LogP contribution in [0.4, 0.5) is 0 Å². The van der Waals surface area contributed by atoms with Gasteiger partial charge in [-0.25, -0.2) is 0 Å². The van der Waals surface area contributed by atoms with E-state index in [0.717, 1.165) is 29.6 Å². The summed E-state index contributed by atoms with van der Waals surface area (Å²) in [6.07, 6.45) is 2.79. The number of carbonyl (C=O) groups excluding carboxylic acids is 1. The van der Waals surface area contributed by atoms with Gasteiger partial charge in [-0.3, -0.25) is 4.79 Å². The number of rotatable bonds is 9. The van der Waals surface area contributed by atoms with Crippen LogP contribution in [0.25, 0.3) is 10.9 Å². The molecule has 0 fully saturated rings. The second-order valence-corrected chi connectivity index (χ2v) is 7.29. The molecule has 4 heteroatoms. The average molecular weight is 399 g/mol. The van der Waals surface area contributed by atoms with Crippen LogP contribution in [0.3, 0.4) is 0 Å². The molecule has 0 aliphatic heterocycles. The Balaban J connectivity index is 1.41. The predicted molar refractivity (Wildman–Crippen MR) is 119 cm³/mol. The molecule has 0 amide bonds. The van der Waals surface area contributed by atoms with E-state index < -0.39 is 0 Å². The van der Waals surface area contributed by atoms with Crippen molar-refractivity contribution in [3.05, 3.63) is 96.2 Å². The molecule has 0 bridgehead atoms. The van der Waals surface area contributed by atoms with Gasteiger partial charge >= 0.3 is 0 Å². The number of hydrogen-bond acceptors (Lipinski definition) is 3. The van der Waals surface area contributed by atoms with Gasteiger partial charge in [0.2, 0.25) is 5.78 Å². The second kappa shape index (κ2) is 9.31. The van der Waals surface area contributed by atoms with E-state index in [0.29, 0.717) is 17.9 Å². The van der Waals surface area contributed by atoms with Crippen molar-refractivity contribution in [2.45, 2.75) is 19.9 Å². The zero-order valence-electron chi connectivity index (χ0n) is 17.1. The summed E-state index contributed by atoms with van der Waals surface area (Å²) in [5.74, 6) is 1.56. The first-order valence-corrected chi connectivity index (χ1v) is 10.2. The van der Waals surface area contributed by atoms with Gasteiger partial charge in [-0.15, -0.1) is 0 Å². The van der Waals surface area contributed by atoms with Gasteiger partial charge in [0, 0.05) is 29.2 Å². The fourth-order valence-corrected chi connectivity index (χ4v) is 3.46. The van der Waals surface area contributed by atoms with Crippen LogP contribution in [-0.4, -0.2) is 23.6 Å². The van der Waals surface area contributed by atoms with Gasteiger partial charge in [0.15, 0.2) is 6.61 Å². The number of nitrogens with zero attached hydrogens (tertiary/aromatic N) is 1. The highest BCUT2D eigenvalue weighted by molar-refractivity contribution is 6.08. The van der Waals surface area contributed by atoms with Gasteiger partial charge < -0.3 is 14.0 Å². The molecule has 4 rings (SSSR count). The van der Waals surface area contributed by atoms with Gasteiger partial charge in [0.25, 0.3) is 0 Å². The summed E-state index contributed by atoms with van der Waals surface area (Å²) in [7, 11) is 0. The molecule has 0 spiro atoms. The summed E-state index contributed by atoms with van der Waals surface area (Å²) in [4.78, 5) is 12.8. The molecule has 30 heavy (non-hydrogen) atoms. The number of aryl methyl sites for hydroxylation is 2. The number of benzene rings is 3. The third kappa shape index (κ3) is 4.71. The maximum Gasteiger partial charge on any atom is 0.202 e. The largest absolute Gasteiger partial charge is 0.494 e. The molecule has 0 aliphatic carbocycles. The van der Waals surface area contributed by atoms with E-state index in [4.69, 9.17) is 9.47 Å². The van der Waals surface area contributed by atoms with Crippen LogP contribution in [0.2, 0.25) is 0 Å². The molecule has 0 radical (unpaired) electrons. The van der Waals surface area contributed by atoms with Crippen molar-refractivity contribution in [1.29, 1.82) is 0 Å². The quantitative estimate of drug-likeness (QED) is 0.268. The van der Waals surface area contributed by atoms with E-state index in [1.165, 1.54) is 5.56 Å². The van der Waals surface area contributed by atoms with E-state index in [9.17, 15) is 4.79 Å². The monoisotopic (exact) mass is 399 g/mol. The van der Waals surface area contributed by atoms with Gasteiger partial charge in [0.05, 0.1) is 6.61 Å². The molecular weight excluding hydrogens is 374 g/mol. The van der Waals surface area contributed by atoms with E-state index in [1.807, 2.05) is 85.1 Å². The molecule has 0 unspecified atom stereocenters. The summed E-state index contributed by atoms with van der Waals surface area (Å²) in [6.45, 7) is 3.48.